The lowest BCUT2D eigenvalue weighted by atomic mass is 9.71. The molecule has 2 fully saturated rings. The highest BCUT2D eigenvalue weighted by Gasteiger charge is 2.38. The second-order valence-electron chi connectivity index (χ2n) is 11.3. The van der Waals surface area contributed by atoms with Crippen LogP contribution in [-0.4, -0.2) is 59.3 Å². The Labute approximate surface area is 241 Å². The zero-order valence-corrected chi connectivity index (χ0v) is 23.5. The molecule has 3 aliphatic rings. The minimum Gasteiger partial charge on any atom is -0.371 e. The van der Waals surface area contributed by atoms with Crippen molar-refractivity contribution >= 4 is 35.2 Å². The number of piperidine rings is 2. The molecule has 6 rings (SSSR count). The highest BCUT2D eigenvalue weighted by molar-refractivity contribution is 6.32. The van der Waals surface area contributed by atoms with Crippen LogP contribution in [0.25, 0.3) is 6.08 Å². The monoisotopic (exact) mass is 554 g/mol. The average Bonchev–Trinajstić information content (AvgIpc) is 3.01. The van der Waals surface area contributed by atoms with Crippen LogP contribution in [-0.2, 0) is 17.8 Å². The van der Waals surface area contributed by atoms with Gasteiger partial charge in [-0.2, -0.15) is 0 Å². The van der Waals surface area contributed by atoms with E-state index in [0.717, 1.165) is 62.1 Å². The molecule has 2 amide bonds. The summed E-state index contributed by atoms with van der Waals surface area (Å²) in [7, 11) is 0. The van der Waals surface area contributed by atoms with Crippen molar-refractivity contribution in [2.75, 3.05) is 37.6 Å². The second-order valence-corrected chi connectivity index (χ2v) is 11.7. The zero-order chi connectivity index (χ0) is 27.5. The van der Waals surface area contributed by atoms with Crippen LogP contribution in [0.4, 0.5) is 5.69 Å². The fourth-order valence-electron chi connectivity index (χ4n) is 6.42. The number of hydrogen-bond donors (Lipinski definition) is 0. The summed E-state index contributed by atoms with van der Waals surface area (Å²) in [6.45, 7) is 4.92. The van der Waals surface area contributed by atoms with Crippen molar-refractivity contribution < 1.29 is 9.59 Å². The molecule has 6 nitrogen and oxygen atoms in total. The van der Waals surface area contributed by atoms with Gasteiger partial charge in [-0.15, -0.1) is 0 Å². The molecule has 0 unspecified atom stereocenters. The molecule has 3 aliphatic heterocycles. The van der Waals surface area contributed by atoms with E-state index < -0.39 is 0 Å². The van der Waals surface area contributed by atoms with Gasteiger partial charge in [0.2, 0.25) is 5.91 Å². The zero-order valence-electron chi connectivity index (χ0n) is 22.8. The molecular weight excluding hydrogens is 520 g/mol. The summed E-state index contributed by atoms with van der Waals surface area (Å²) in [6.07, 6.45) is 12.3. The number of hydrogen-bond acceptors (Lipinski definition) is 4. The molecule has 1 spiro atoms. The number of rotatable bonds is 4. The maximum atomic E-state index is 13.5. The number of carbonyl (C=O) groups is 2. The molecule has 206 valence electrons. The van der Waals surface area contributed by atoms with Gasteiger partial charge in [0.1, 0.15) is 0 Å². The Morgan fingerprint density at radius 2 is 1.55 bits per heavy atom. The van der Waals surface area contributed by atoms with Crippen LogP contribution in [0.1, 0.15) is 52.7 Å². The van der Waals surface area contributed by atoms with Gasteiger partial charge in [-0.1, -0.05) is 35.9 Å². The Morgan fingerprint density at radius 3 is 2.30 bits per heavy atom. The first kappa shape index (κ1) is 26.6. The van der Waals surface area contributed by atoms with Crippen LogP contribution >= 0.6 is 11.6 Å². The Morgan fingerprint density at radius 1 is 0.825 bits per heavy atom. The van der Waals surface area contributed by atoms with Gasteiger partial charge in [-0.3, -0.25) is 14.6 Å². The third-order valence-corrected chi connectivity index (χ3v) is 9.40. The topological polar surface area (TPSA) is 56.8 Å². The lowest BCUT2D eigenvalue weighted by molar-refractivity contribution is -0.126. The molecule has 0 radical (unpaired) electrons. The van der Waals surface area contributed by atoms with E-state index in [1.807, 2.05) is 58.6 Å². The van der Waals surface area contributed by atoms with Gasteiger partial charge in [-0.05, 0) is 90.6 Å². The number of carbonyl (C=O) groups excluding carboxylic acids is 2. The smallest absolute Gasteiger partial charge is 0.253 e. The van der Waals surface area contributed by atoms with Gasteiger partial charge in [-0.25, -0.2) is 0 Å². The van der Waals surface area contributed by atoms with E-state index in [-0.39, 0.29) is 11.8 Å². The molecule has 40 heavy (non-hydrogen) atoms. The summed E-state index contributed by atoms with van der Waals surface area (Å²) < 4.78 is 0. The molecule has 1 aromatic heterocycles. The van der Waals surface area contributed by atoms with Crippen molar-refractivity contribution in [3.8, 4) is 0 Å². The summed E-state index contributed by atoms with van der Waals surface area (Å²) in [6, 6.07) is 17.7. The quantitative estimate of drug-likeness (QED) is 0.379. The van der Waals surface area contributed by atoms with Crippen molar-refractivity contribution in [3.05, 3.63) is 100 Å². The normalized spacial score (nSPS) is 18.7. The summed E-state index contributed by atoms with van der Waals surface area (Å²) in [5.41, 5.74) is 5.42. The number of amides is 2. The Balaban J connectivity index is 1.05. The SMILES string of the molecule is O=C(C=Cc1ccccc1Cl)N1CCc2ccc(C(=O)N3CCC4(CC3)CCN(c3ccncc3)CC4)cc2C1. The number of nitrogens with zero attached hydrogens (tertiary/aromatic N) is 4. The lowest BCUT2D eigenvalue weighted by Crippen LogP contribution is -2.48. The highest BCUT2D eigenvalue weighted by Crippen LogP contribution is 2.42. The van der Waals surface area contributed by atoms with E-state index in [1.165, 1.54) is 24.1 Å². The molecule has 0 aliphatic carbocycles. The first-order chi connectivity index (χ1) is 19.5. The fourth-order valence-corrected chi connectivity index (χ4v) is 6.61. The van der Waals surface area contributed by atoms with Crippen molar-refractivity contribution in [2.45, 2.75) is 38.6 Å². The molecule has 4 heterocycles. The summed E-state index contributed by atoms with van der Waals surface area (Å²) >= 11 is 6.23. The van der Waals surface area contributed by atoms with Crippen molar-refractivity contribution in [1.82, 2.24) is 14.8 Å². The van der Waals surface area contributed by atoms with Crippen molar-refractivity contribution in [1.29, 1.82) is 0 Å². The van der Waals surface area contributed by atoms with Crippen molar-refractivity contribution in [3.63, 3.8) is 0 Å². The number of aromatic nitrogens is 1. The van der Waals surface area contributed by atoms with Gasteiger partial charge < -0.3 is 14.7 Å². The minimum atomic E-state index is -0.0430. The number of anilines is 1. The van der Waals surface area contributed by atoms with E-state index in [4.69, 9.17) is 11.6 Å². The molecule has 0 atom stereocenters. The number of fused-ring (bicyclic) bond motifs is 1. The van der Waals surface area contributed by atoms with E-state index in [1.54, 1.807) is 12.2 Å². The first-order valence-corrected chi connectivity index (χ1v) is 14.7. The molecule has 7 heteroatoms. The van der Waals surface area contributed by atoms with Crippen LogP contribution in [0.3, 0.4) is 0 Å². The van der Waals surface area contributed by atoms with Gasteiger partial charge in [0.05, 0.1) is 0 Å². The molecular formula is C33H35ClN4O2. The van der Waals surface area contributed by atoms with Crippen LogP contribution in [0.2, 0.25) is 5.02 Å². The molecule has 2 saturated heterocycles. The Hall–Kier alpha value is -3.64. The number of pyridine rings is 1. The summed E-state index contributed by atoms with van der Waals surface area (Å²) in [4.78, 5) is 36.9. The van der Waals surface area contributed by atoms with Crippen LogP contribution in [0.5, 0.6) is 0 Å². The van der Waals surface area contributed by atoms with Crippen molar-refractivity contribution in [2.24, 2.45) is 5.41 Å². The van der Waals surface area contributed by atoms with Gasteiger partial charge in [0, 0.05) is 74.0 Å². The fraction of sp³-hybridized carbons (Fsp3) is 0.364. The Bertz CT molecular complexity index is 1400. The maximum absolute atomic E-state index is 13.5. The average molecular weight is 555 g/mol. The highest BCUT2D eigenvalue weighted by atomic mass is 35.5. The van der Waals surface area contributed by atoms with E-state index in [9.17, 15) is 9.59 Å². The summed E-state index contributed by atoms with van der Waals surface area (Å²) in [5, 5.41) is 0.623. The van der Waals surface area contributed by atoms with E-state index >= 15 is 0 Å². The van der Waals surface area contributed by atoms with Gasteiger partial charge in [0.15, 0.2) is 0 Å². The standard InChI is InChI=1S/C33H35ClN4O2/c34-30-4-2-1-3-26(30)7-8-31(39)38-18-11-25-5-6-27(23-28(25)24-38)32(40)37-21-14-33(15-22-37)12-19-36(20-13-33)29-9-16-35-17-10-29/h1-10,16-17,23H,11-15,18-22,24H2. The number of likely N-dealkylation sites (tertiary alicyclic amines) is 1. The van der Waals surface area contributed by atoms with Crippen LogP contribution in [0.15, 0.2) is 73.1 Å². The van der Waals surface area contributed by atoms with Crippen LogP contribution in [0, 0.1) is 5.41 Å². The van der Waals surface area contributed by atoms with Crippen LogP contribution < -0.4 is 4.90 Å². The molecule has 0 N–H and O–H groups in total. The van der Waals surface area contributed by atoms with E-state index in [0.29, 0.717) is 23.5 Å². The number of benzene rings is 2. The molecule has 2 aromatic carbocycles. The largest absolute Gasteiger partial charge is 0.371 e. The first-order valence-electron chi connectivity index (χ1n) is 14.3. The third kappa shape index (κ3) is 5.64. The van der Waals surface area contributed by atoms with Gasteiger partial charge in [0.25, 0.3) is 5.91 Å². The second kappa shape index (κ2) is 11.5. The maximum Gasteiger partial charge on any atom is 0.253 e. The third-order valence-electron chi connectivity index (χ3n) is 9.05. The predicted octanol–water partition coefficient (Wildman–Crippen LogP) is 5.86. The Kier molecular flexibility index (Phi) is 7.61. The molecule has 0 bridgehead atoms. The molecule has 3 aromatic rings. The number of halogens is 1. The van der Waals surface area contributed by atoms with E-state index in [2.05, 4.69) is 28.1 Å². The predicted molar refractivity (Wildman–Crippen MR) is 159 cm³/mol. The summed E-state index contributed by atoms with van der Waals surface area (Å²) in [5.74, 6) is 0.0625. The van der Waals surface area contributed by atoms with Gasteiger partial charge >= 0.3 is 0 Å². The lowest BCUT2D eigenvalue weighted by Gasteiger charge is -2.47. The molecule has 0 saturated carbocycles. The minimum absolute atomic E-state index is 0.0430.